The van der Waals surface area contributed by atoms with Gasteiger partial charge in [0, 0.05) is 29.1 Å². The standard InChI is InChI=1S/C19H22N10O5S3/c1-3-34-26-10(13-25-19(22)37-27-13)14(30)24-11-15(31)29-12(17(32)33)7(6-36-16(11)29)5-35-9-4-8(20)28(2)18(21)23-9/h4,11,16H,3,5-6H2,1-2H3,(H7,20,21,22,23,24,25,27,30,32,33)/b26-10-/t11-,16-/m1/s1. The Hall–Kier alpha value is -3.64. The molecule has 15 nitrogen and oxygen atoms in total. The van der Waals surface area contributed by atoms with Crippen LogP contribution in [0.3, 0.4) is 0 Å². The fourth-order valence-electron chi connectivity index (χ4n) is 3.45. The molecule has 2 aromatic rings. The number of hydrogen-bond donors (Lipinski definition) is 4. The zero-order chi connectivity index (χ0) is 26.9. The van der Waals surface area contributed by atoms with Gasteiger partial charge in [-0.1, -0.05) is 16.9 Å². The zero-order valence-electron chi connectivity index (χ0n) is 19.5. The lowest BCUT2D eigenvalue weighted by Crippen LogP contribution is -2.71. The number of nitrogens with two attached hydrogens (primary N) is 3. The van der Waals surface area contributed by atoms with Gasteiger partial charge in [-0.2, -0.15) is 9.36 Å². The maximum Gasteiger partial charge on any atom is 0.345 e. The molecular formula is C19H22N10O5S3. The second-order valence-corrected chi connectivity index (χ2v) is 10.5. The van der Waals surface area contributed by atoms with Crippen molar-refractivity contribution in [1.82, 2.24) is 24.6 Å². The number of β-lactam (4-membered cyclic amide) rings is 1. The van der Waals surface area contributed by atoms with Crippen LogP contribution in [0.25, 0.3) is 0 Å². The molecule has 4 heterocycles. The molecule has 0 radical (unpaired) electrons. The molecule has 0 saturated carbocycles. The maximum absolute atomic E-state index is 13.0. The summed E-state index contributed by atoms with van der Waals surface area (Å²) in [6.45, 7) is 1.86. The summed E-state index contributed by atoms with van der Waals surface area (Å²) in [4.78, 5) is 52.2. The normalized spacial score (nSPS) is 19.4. The Morgan fingerprint density at radius 3 is 2.76 bits per heavy atom. The highest BCUT2D eigenvalue weighted by molar-refractivity contribution is 8.01. The van der Waals surface area contributed by atoms with Crippen LogP contribution in [-0.4, -0.2) is 72.3 Å². The van der Waals surface area contributed by atoms with Crippen molar-refractivity contribution in [2.75, 3.05) is 35.3 Å². The predicted octanol–water partition coefficient (Wildman–Crippen LogP) is -2.56. The van der Waals surface area contributed by atoms with E-state index in [1.54, 1.807) is 20.0 Å². The fraction of sp³-hybridized carbons (Fsp3) is 0.368. The van der Waals surface area contributed by atoms with E-state index in [9.17, 15) is 19.5 Å². The molecule has 0 aromatic carbocycles. The minimum Gasteiger partial charge on any atom is -0.543 e. The molecule has 196 valence electrons. The van der Waals surface area contributed by atoms with Crippen LogP contribution >= 0.6 is 35.1 Å². The van der Waals surface area contributed by atoms with Gasteiger partial charge in [0.15, 0.2) is 16.0 Å². The second kappa shape index (κ2) is 10.8. The maximum atomic E-state index is 13.0. The number of aliphatic carboxylic acids is 1. The summed E-state index contributed by atoms with van der Waals surface area (Å²) in [5.41, 5.74) is 17.3. The SMILES string of the molecule is CCO/N=C(\C(=O)N[C@@H]1C(=O)N2C(C(=O)[O-])=C(CSc3cc(N)[n+](C)c(N)n3)CS[C@H]12)c1nsc(N)n1. The smallest absolute Gasteiger partial charge is 0.345 e. The monoisotopic (exact) mass is 566 g/mol. The number of carbonyl (C=O) groups is 3. The van der Waals surface area contributed by atoms with Gasteiger partial charge in [-0.15, -0.1) is 16.7 Å². The Labute approximate surface area is 222 Å². The number of fused-ring (bicyclic) bond motifs is 1. The first-order valence-corrected chi connectivity index (χ1v) is 13.5. The molecule has 7 N–H and O–H groups in total. The van der Waals surface area contributed by atoms with Gasteiger partial charge in [0.1, 0.15) is 18.0 Å². The third-order valence-electron chi connectivity index (χ3n) is 5.30. The lowest BCUT2D eigenvalue weighted by atomic mass is 10.0. The molecule has 0 unspecified atom stereocenters. The molecule has 2 aliphatic rings. The first kappa shape index (κ1) is 26.4. The summed E-state index contributed by atoms with van der Waals surface area (Å²) in [6.07, 6.45) is 0. The summed E-state index contributed by atoms with van der Waals surface area (Å²) >= 11 is 3.40. The van der Waals surface area contributed by atoms with Crippen LogP contribution in [0.4, 0.5) is 16.9 Å². The number of oxime groups is 1. The van der Waals surface area contributed by atoms with Crippen molar-refractivity contribution in [3.05, 3.63) is 23.2 Å². The van der Waals surface area contributed by atoms with Crippen molar-refractivity contribution in [3.63, 3.8) is 0 Å². The first-order valence-electron chi connectivity index (χ1n) is 10.7. The number of rotatable bonds is 9. The Bertz CT molecular complexity index is 1310. The average Bonchev–Trinajstić information content (AvgIpc) is 3.29. The number of anilines is 3. The molecule has 2 atom stereocenters. The molecule has 37 heavy (non-hydrogen) atoms. The number of carbonyl (C=O) groups excluding carboxylic acids is 3. The van der Waals surface area contributed by atoms with E-state index in [0.29, 0.717) is 16.4 Å². The van der Waals surface area contributed by atoms with Gasteiger partial charge in [0.05, 0.1) is 18.7 Å². The molecular weight excluding hydrogens is 544 g/mol. The van der Waals surface area contributed by atoms with Crippen LogP contribution in [0, 0.1) is 0 Å². The number of nitrogens with one attached hydrogen (secondary N) is 1. The van der Waals surface area contributed by atoms with Gasteiger partial charge in [0.2, 0.25) is 11.5 Å². The number of nitrogens with zero attached hydrogens (tertiary/aromatic N) is 6. The van der Waals surface area contributed by atoms with Crippen LogP contribution in [0.1, 0.15) is 12.7 Å². The minimum absolute atomic E-state index is 0.0487. The quantitative estimate of drug-likeness (QED) is 0.0611. The van der Waals surface area contributed by atoms with Gasteiger partial charge in [-0.05, 0) is 12.5 Å². The summed E-state index contributed by atoms with van der Waals surface area (Å²) < 4.78 is 5.47. The third-order valence-corrected chi connectivity index (χ3v) is 8.18. The van der Waals surface area contributed by atoms with Gasteiger partial charge in [-0.25, -0.2) is 4.57 Å². The number of thioether (sulfide) groups is 2. The van der Waals surface area contributed by atoms with E-state index >= 15 is 0 Å². The summed E-state index contributed by atoms with van der Waals surface area (Å²) in [6, 6.07) is 0.616. The largest absolute Gasteiger partial charge is 0.543 e. The topological polar surface area (TPSA) is 232 Å². The highest BCUT2D eigenvalue weighted by atomic mass is 32.2. The van der Waals surface area contributed by atoms with Crippen molar-refractivity contribution in [1.29, 1.82) is 0 Å². The minimum atomic E-state index is -1.49. The average molecular weight is 567 g/mol. The van der Waals surface area contributed by atoms with E-state index < -0.39 is 29.2 Å². The summed E-state index contributed by atoms with van der Waals surface area (Å²) in [5, 5.41) is 18.3. The Morgan fingerprint density at radius 2 is 2.14 bits per heavy atom. The van der Waals surface area contributed by atoms with Crippen molar-refractivity contribution in [2.45, 2.75) is 23.4 Å². The van der Waals surface area contributed by atoms with Crippen LogP contribution in [-0.2, 0) is 26.3 Å². The van der Waals surface area contributed by atoms with Crippen molar-refractivity contribution in [3.8, 4) is 0 Å². The highest BCUT2D eigenvalue weighted by Gasteiger charge is 2.53. The molecule has 2 aromatic heterocycles. The van der Waals surface area contributed by atoms with E-state index in [4.69, 9.17) is 22.0 Å². The molecule has 2 aliphatic heterocycles. The molecule has 4 rings (SSSR count). The molecule has 0 bridgehead atoms. The van der Waals surface area contributed by atoms with E-state index in [1.165, 1.54) is 28.1 Å². The van der Waals surface area contributed by atoms with Gasteiger partial charge in [-0.3, -0.25) is 14.5 Å². The van der Waals surface area contributed by atoms with Crippen molar-refractivity contribution < 1.29 is 28.9 Å². The van der Waals surface area contributed by atoms with Crippen LogP contribution < -0.4 is 32.2 Å². The zero-order valence-corrected chi connectivity index (χ0v) is 22.0. The van der Waals surface area contributed by atoms with Crippen molar-refractivity contribution >= 4 is 75.4 Å². The Kier molecular flexibility index (Phi) is 7.69. The fourth-order valence-corrected chi connectivity index (χ4v) is 6.28. The van der Waals surface area contributed by atoms with E-state index in [2.05, 4.69) is 24.8 Å². The Balaban J connectivity index is 1.50. The number of amides is 2. The predicted molar refractivity (Wildman–Crippen MR) is 135 cm³/mol. The number of nitrogen functional groups attached to an aromatic ring is 3. The number of carboxylic acids is 1. The summed E-state index contributed by atoms with van der Waals surface area (Å²) in [5.74, 6) is -1.82. The van der Waals surface area contributed by atoms with Crippen molar-refractivity contribution in [2.24, 2.45) is 12.2 Å². The molecule has 0 spiro atoms. The Morgan fingerprint density at radius 1 is 1.38 bits per heavy atom. The molecule has 2 amide bonds. The van der Waals surface area contributed by atoms with Crippen LogP contribution in [0.2, 0.25) is 0 Å². The van der Waals surface area contributed by atoms with Gasteiger partial charge in [0.25, 0.3) is 11.8 Å². The molecule has 1 fully saturated rings. The van der Waals surface area contributed by atoms with Crippen LogP contribution in [0.5, 0.6) is 0 Å². The molecule has 18 heteroatoms. The van der Waals surface area contributed by atoms with Crippen LogP contribution in [0.15, 0.2) is 27.5 Å². The number of carboxylic acid groups (broad SMARTS) is 1. The lowest BCUT2D eigenvalue weighted by Gasteiger charge is -2.50. The van der Waals surface area contributed by atoms with E-state index in [0.717, 1.165) is 16.4 Å². The summed E-state index contributed by atoms with van der Waals surface area (Å²) in [7, 11) is 1.67. The van der Waals surface area contributed by atoms with Gasteiger partial charge >= 0.3 is 5.95 Å². The molecule has 0 aliphatic carbocycles. The molecule has 1 saturated heterocycles. The highest BCUT2D eigenvalue weighted by Crippen LogP contribution is 2.41. The third kappa shape index (κ3) is 5.25. The van der Waals surface area contributed by atoms with E-state index in [-0.39, 0.29) is 46.4 Å². The lowest BCUT2D eigenvalue weighted by molar-refractivity contribution is -0.645. The first-order chi connectivity index (χ1) is 17.6. The van der Waals surface area contributed by atoms with E-state index in [1.807, 2.05) is 0 Å². The number of aromatic nitrogens is 4. The number of hydrogen-bond acceptors (Lipinski definition) is 15. The second-order valence-electron chi connectivity index (χ2n) is 7.64. The van der Waals surface area contributed by atoms with Gasteiger partial charge < -0.3 is 37.3 Å².